The zero-order valence-corrected chi connectivity index (χ0v) is 20.7. The van der Waals surface area contributed by atoms with Gasteiger partial charge in [-0.2, -0.15) is 4.31 Å². The molecule has 1 aliphatic heterocycles. The number of nitrogens with zero attached hydrogens (tertiary/aromatic N) is 2. The lowest BCUT2D eigenvalue weighted by Crippen LogP contribution is -2.47. The van der Waals surface area contributed by atoms with Crippen LogP contribution in [-0.4, -0.2) is 81.4 Å². The predicted molar refractivity (Wildman–Crippen MR) is 126 cm³/mol. The summed E-state index contributed by atoms with van der Waals surface area (Å²) in [6.07, 6.45) is -0.442. The van der Waals surface area contributed by atoms with E-state index in [9.17, 15) is 18.3 Å². The van der Waals surface area contributed by atoms with Gasteiger partial charge in [0, 0.05) is 38.9 Å². The van der Waals surface area contributed by atoms with Gasteiger partial charge in [0.2, 0.25) is 16.8 Å². The topological polar surface area (TPSA) is 106 Å². The van der Waals surface area contributed by atoms with Crippen LogP contribution in [-0.2, 0) is 14.8 Å². The highest BCUT2D eigenvalue weighted by Crippen LogP contribution is 2.32. The van der Waals surface area contributed by atoms with E-state index in [1.54, 1.807) is 50.4 Å². The molecule has 9 nitrogen and oxygen atoms in total. The van der Waals surface area contributed by atoms with Crippen LogP contribution < -0.4 is 9.47 Å². The van der Waals surface area contributed by atoms with E-state index in [-0.39, 0.29) is 43.2 Å². The molecule has 2 aromatic carbocycles. The van der Waals surface area contributed by atoms with Crippen LogP contribution in [0.5, 0.6) is 11.5 Å². The predicted octanol–water partition coefficient (Wildman–Crippen LogP) is 2.21. The van der Waals surface area contributed by atoms with E-state index in [0.717, 1.165) is 0 Å². The quantitative estimate of drug-likeness (QED) is 0.513. The molecule has 0 bridgehead atoms. The number of sulfonamides is 1. The molecule has 1 aliphatic rings. The molecule has 1 heterocycles. The van der Waals surface area contributed by atoms with Gasteiger partial charge >= 0.3 is 0 Å². The summed E-state index contributed by atoms with van der Waals surface area (Å²) in [4.78, 5) is 14.7. The van der Waals surface area contributed by atoms with Crippen molar-refractivity contribution in [1.82, 2.24) is 9.21 Å². The average Bonchev–Trinajstić information content (AvgIpc) is 3.33. The fourth-order valence-electron chi connectivity index (χ4n) is 3.82. The molecule has 0 unspecified atom stereocenters. The van der Waals surface area contributed by atoms with Gasteiger partial charge in [0.1, 0.15) is 0 Å². The van der Waals surface area contributed by atoms with E-state index >= 15 is 0 Å². The number of hydrogen-bond donors (Lipinski definition) is 1. The van der Waals surface area contributed by atoms with Crippen LogP contribution in [0, 0.1) is 5.92 Å². The number of ether oxygens (including phenoxy) is 3. The van der Waals surface area contributed by atoms with Gasteiger partial charge < -0.3 is 24.2 Å². The van der Waals surface area contributed by atoms with E-state index in [1.807, 2.05) is 6.92 Å². The Hall–Kier alpha value is -2.66. The number of carbonyl (C=O) groups is 1. The normalized spacial score (nSPS) is 15.7. The fraction of sp³-hybridized carbons (Fsp3) is 0.458. The number of aliphatic hydroxyl groups is 1. The second-order valence-corrected chi connectivity index (χ2v) is 10.3. The van der Waals surface area contributed by atoms with Gasteiger partial charge in [0.25, 0.3) is 5.91 Å². The molecule has 0 spiro atoms. The van der Waals surface area contributed by atoms with Gasteiger partial charge in [0.05, 0.1) is 17.6 Å². The SMILES string of the molecule is CO[C@H](CN(C)C(=O)c1ccc2c(c1)OCO2)[C@@H](C)CN([C@@H](C)CO)S(=O)(=O)c1ccccc1. The number of carbonyl (C=O) groups excluding carboxylic acids is 1. The first-order chi connectivity index (χ1) is 16.2. The van der Waals surface area contributed by atoms with E-state index in [2.05, 4.69) is 0 Å². The summed E-state index contributed by atoms with van der Waals surface area (Å²) in [6.45, 7) is 3.69. The van der Waals surface area contributed by atoms with E-state index < -0.39 is 22.2 Å². The second-order valence-electron chi connectivity index (χ2n) is 8.42. The molecule has 10 heteroatoms. The van der Waals surface area contributed by atoms with Gasteiger partial charge in [-0.25, -0.2) is 8.42 Å². The van der Waals surface area contributed by atoms with Crippen LogP contribution in [0.2, 0.25) is 0 Å². The van der Waals surface area contributed by atoms with Crippen LogP contribution in [0.4, 0.5) is 0 Å². The van der Waals surface area contributed by atoms with Crippen molar-refractivity contribution in [3.8, 4) is 11.5 Å². The summed E-state index contributed by atoms with van der Waals surface area (Å²) in [5.74, 6) is 0.630. The molecule has 0 saturated carbocycles. The Kier molecular flexibility index (Phi) is 8.53. The Morgan fingerprint density at radius 1 is 1.09 bits per heavy atom. The Bertz CT molecular complexity index is 1080. The number of fused-ring (bicyclic) bond motifs is 1. The summed E-state index contributed by atoms with van der Waals surface area (Å²) in [6, 6.07) is 12.5. The maximum Gasteiger partial charge on any atom is 0.253 e. The zero-order chi connectivity index (χ0) is 24.9. The largest absolute Gasteiger partial charge is 0.454 e. The molecule has 0 aliphatic carbocycles. The van der Waals surface area contributed by atoms with Crippen LogP contribution in [0.15, 0.2) is 53.4 Å². The summed E-state index contributed by atoms with van der Waals surface area (Å²) < 4.78 is 44.1. The Labute approximate surface area is 200 Å². The standard InChI is InChI=1S/C24H32N2O7S/c1-17(13-26(18(2)15-27)34(29,30)20-8-6-5-7-9-20)23(31-4)14-25(3)24(28)19-10-11-21-22(12-19)33-16-32-21/h5-12,17-18,23,27H,13-16H2,1-4H3/t17-,18-,23+/m0/s1. The molecule has 186 valence electrons. The first-order valence-corrected chi connectivity index (χ1v) is 12.5. The number of likely N-dealkylation sites (N-methyl/N-ethyl adjacent to an activating group) is 1. The number of rotatable bonds is 11. The minimum atomic E-state index is -3.83. The van der Waals surface area contributed by atoms with Crippen molar-refractivity contribution in [3.05, 3.63) is 54.1 Å². The third kappa shape index (κ3) is 5.69. The van der Waals surface area contributed by atoms with Gasteiger partial charge in [-0.05, 0) is 43.2 Å². The van der Waals surface area contributed by atoms with E-state index in [4.69, 9.17) is 14.2 Å². The lowest BCUT2D eigenvalue weighted by molar-refractivity contribution is 0.0221. The van der Waals surface area contributed by atoms with Gasteiger partial charge in [-0.1, -0.05) is 25.1 Å². The molecule has 2 aromatic rings. The fourth-order valence-corrected chi connectivity index (χ4v) is 5.57. The zero-order valence-electron chi connectivity index (χ0n) is 19.9. The Balaban J connectivity index is 1.72. The van der Waals surface area contributed by atoms with Gasteiger partial charge in [-0.15, -0.1) is 0 Å². The number of hydrogen-bond acceptors (Lipinski definition) is 7. The maximum atomic E-state index is 13.3. The highest BCUT2D eigenvalue weighted by molar-refractivity contribution is 7.89. The first-order valence-electron chi connectivity index (χ1n) is 11.0. The molecule has 34 heavy (non-hydrogen) atoms. The molecule has 0 radical (unpaired) electrons. The minimum Gasteiger partial charge on any atom is -0.454 e. The maximum absolute atomic E-state index is 13.3. The van der Waals surface area contributed by atoms with Crippen molar-refractivity contribution in [1.29, 1.82) is 0 Å². The molecule has 0 saturated heterocycles. The van der Waals surface area contributed by atoms with Crippen molar-refractivity contribution < 1.29 is 32.5 Å². The number of amides is 1. The van der Waals surface area contributed by atoms with Crippen molar-refractivity contribution in [2.75, 3.05) is 40.6 Å². The lowest BCUT2D eigenvalue weighted by Gasteiger charge is -2.33. The third-order valence-electron chi connectivity index (χ3n) is 5.93. The molecule has 1 amide bonds. The molecular weight excluding hydrogens is 460 g/mol. The minimum absolute atomic E-state index is 0.115. The average molecular weight is 493 g/mol. The summed E-state index contributed by atoms with van der Waals surface area (Å²) in [5, 5.41) is 9.73. The van der Waals surface area contributed by atoms with Gasteiger partial charge in [0.15, 0.2) is 11.5 Å². The highest BCUT2D eigenvalue weighted by Gasteiger charge is 2.33. The van der Waals surface area contributed by atoms with Crippen molar-refractivity contribution in [3.63, 3.8) is 0 Å². The summed E-state index contributed by atoms with van der Waals surface area (Å²) >= 11 is 0. The van der Waals surface area contributed by atoms with E-state index in [1.165, 1.54) is 28.4 Å². The third-order valence-corrected chi connectivity index (χ3v) is 7.93. The molecule has 3 rings (SSSR count). The lowest BCUT2D eigenvalue weighted by atomic mass is 10.0. The first kappa shape index (κ1) is 26.0. The highest BCUT2D eigenvalue weighted by atomic mass is 32.2. The van der Waals surface area contributed by atoms with Crippen LogP contribution >= 0.6 is 0 Å². The van der Waals surface area contributed by atoms with Crippen LogP contribution in [0.25, 0.3) is 0 Å². The Morgan fingerprint density at radius 3 is 2.41 bits per heavy atom. The summed E-state index contributed by atoms with van der Waals surface area (Å²) in [5.41, 5.74) is 0.455. The number of methoxy groups -OCH3 is 1. The van der Waals surface area contributed by atoms with Crippen LogP contribution in [0.1, 0.15) is 24.2 Å². The molecular formula is C24H32N2O7S. The van der Waals surface area contributed by atoms with Crippen LogP contribution in [0.3, 0.4) is 0 Å². The second kappa shape index (κ2) is 11.2. The molecule has 1 N–H and O–H groups in total. The van der Waals surface area contributed by atoms with Crippen molar-refractivity contribution >= 4 is 15.9 Å². The molecule has 3 atom stereocenters. The van der Waals surface area contributed by atoms with E-state index in [0.29, 0.717) is 17.1 Å². The smallest absolute Gasteiger partial charge is 0.253 e. The molecule has 0 fully saturated rings. The molecule has 0 aromatic heterocycles. The van der Waals surface area contributed by atoms with Crippen molar-refractivity contribution in [2.24, 2.45) is 5.92 Å². The van der Waals surface area contributed by atoms with Gasteiger partial charge in [-0.3, -0.25) is 4.79 Å². The van der Waals surface area contributed by atoms with Crippen molar-refractivity contribution in [2.45, 2.75) is 30.9 Å². The Morgan fingerprint density at radius 2 is 1.76 bits per heavy atom. The number of benzene rings is 2. The number of aliphatic hydroxyl groups excluding tert-OH is 1. The summed E-state index contributed by atoms with van der Waals surface area (Å²) in [7, 11) is -0.631. The monoisotopic (exact) mass is 492 g/mol.